The number of hydrogen-bond donors (Lipinski definition) is 1. The number of aromatic nitrogens is 2. The summed E-state index contributed by atoms with van der Waals surface area (Å²) in [5.41, 5.74) is 3.45. The molecule has 0 saturated carbocycles. The van der Waals surface area contributed by atoms with E-state index in [1.807, 2.05) is 49.5 Å². The standard InChI is InChI=1S/C15H14FN3O/c1-19-14-7-6-13(8-12(14)10-18-19)20-15-5-3-2-4-11(15)9-17-16/h2-8,10,17H,9H2,1H3. The molecular weight excluding hydrogens is 257 g/mol. The van der Waals surface area contributed by atoms with E-state index >= 15 is 0 Å². The van der Waals surface area contributed by atoms with Gasteiger partial charge in [0.25, 0.3) is 0 Å². The molecule has 0 amide bonds. The third-order valence-corrected chi connectivity index (χ3v) is 3.18. The van der Waals surface area contributed by atoms with E-state index in [9.17, 15) is 4.48 Å². The Morgan fingerprint density at radius 3 is 2.95 bits per heavy atom. The van der Waals surface area contributed by atoms with Gasteiger partial charge in [0, 0.05) is 18.0 Å². The molecule has 0 aliphatic heterocycles. The zero-order chi connectivity index (χ0) is 13.9. The molecule has 0 aliphatic rings. The summed E-state index contributed by atoms with van der Waals surface area (Å²) >= 11 is 0. The van der Waals surface area contributed by atoms with Gasteiger partial charge in [-0.15, -0.1) is 4.48 Å². The lowest BCUT2D eigenvalue weighted by atomic mass is 10.2. The third-order valence-electron chi connectivity index (χ3n) is 3.18. The predicted octanol–water partition coefficient (Wildman–Crippen LogP) is 3.34. The minimum atomic E-state index is 0.116. The molecule has 0 radical (unpaired) electrons. The van der Waals surface area contributed by atoms with Crippen molar-refractivity contribution >= 4 is 10.9 Å². The molecule has 3 rings (SSSR count). The summed E-state index contributed by atoms with van der Waals surface area (Å²) in [6.07, 6.45) is 1.79. The number of hydrogen-bond acceptors (Lipinski definition) is 3. The fraction of sp³-hybridized carbons (Fsp3) is 0.133. The van der Waals surface area contributed by atoms with Crippen LogP contribution in [-0.4, -0.2) is 9.78 Å². The Labute approximate surface area is 115 Å². The highest BCUT2D eigenvalue weighted by Gasteiger charge is 2.06. The molecule has 0 atom stereocenters. The average Bonchev–Trinajstić information content (AvgIpc) is 2.82. The van der Waals surface area contributed by atoms with Crippen molar-refractivity contribution in [3.8, 4) is 11.5 Å². The molecule has 0 bridgehead atoms. The molecular formula is C15H14FN3O. The van der Waals surface area contributed by atoms with Gasteiger partial charge in [-0.05, 0) is 24.3 Å². The maximum absolute atomic E-state index is 12.3. The van der Waals surface area contributed by atoms with Gasteiger partial charge in [0.05, 0.1) is 18.3 Å². The first-order chi connectivity index (χ1) is 9.78. The van der Waals surface area contributed by atoms with E-state index in [0.717, 1.165) is 16.5 Å². The Morgan fingerprint density at radius 2 is 2.10 bits per heavy atom. The summed E-state index contributed by atoms with van der Waals surface area (Å²) in [6, 6.07) is 13.1. The SMILES string of the molecule is Cn1ncc2cc(Oc3ccccc3CNF)ccc21. The summed E-state index contributed by atoms with van der Waals surface area (Å²) in [7, 11) is 1.89. The molecule has 1 heterocycles. The number of nitrogens with one attached hydrogen (secondary N) is 1. The number of nitrogens with zero attached hydrogens (tertiary/aromatic N) is 2. The molecule has 3 aromatic rings. The van der Waals surface area contributed by atoms with Gasteiger partial charge in [-0.2, -0.15) is 10.6 Å². The lowest BCUT2D eigenvalue weighted by Crippen LogP contribution is -2.01. The highest BCUT2D eigenvalue weighted by molar-refractivity contribution is 5.80. The Morgan fingerprint density at radius 1 is 1.25 bits per heavy atom. The van der Waals surface area contributed by atoms with Crippen molar-refractivity contribution in [1.82, 2.24) is 15.3 Å². The van der Waals surface area contributed by atoms with E-state index in [4.69, 9.17) is 4.74 Å². The van der Waals surface area contributed by atoms with Crippen LogP contribution in [0.1, 0.15) is 5.56 Å². The maximum Gasteiger partial charge on any atom is 0.132 e. The number of halogens is 1. The van der Waals surface area contributed by atoms with Crippen molar-refractivity contribution in [2.24, 2.45) is 7.05 Å². The number of fused-ring (bicyclic) bond motifs is 1. The van der Waals surface area contributed by atoms with Crippen LogP contribution in [0.2, 0.25) is 0 Å². The lowest BCUT2D eigenvalue weighted by Gasteiger charge is -2.10. The molecule has 20 heavy (non-hydrogen) atoms. The van der Waals surface area contributed by atoms with E-state index in [0.29, 0.717) is 11.5 Å². The number of benzene rings is 2. The van der Waals surface area contributed by atoms with E-state index in [1.165, 1.54) is 0 Å². The van der Waals surface area contributed by atoms with Gasteiger partial charge >= 0.3 is 0 Å². The van der Waals surface area contributed by atoms with Crippen LogP contribution in [0.4, 0.5) is 4.48 Å². The van der Waals surface area contributed by atoms with Crippen LogP contribution in [0.5, 0.6) is 11.5 Å². The molecule has 0 aliphatic carbocycles. The number of para-hydroxylation sites is 1. The average molecular weight is 271 g/mol. The first-order valence-corrected chi connectivity index (χ1v) is 6.29. The molecule has 0 saturated heterocycles. The minimum Gasteiger partial charge on any atom is -0.457 e. The zero-order valence-electron chi connectivity index (χ0n) is 11.0. The van der Waals surface area contributed by atoms with E-state index < -0.39 is 0 Å². The Kier molecular flexibility index (Phi) is 3.35. The lowest BCUT2D eigenvalue weighted by molar-refractivity contribution is 0.326. The summed E-state index contributed by atoms with van der Waals surface area (Å²) in [5.74, 6) is 1.35. The summed E-state index contributed by atoms with van der Waals surface area (Å²) < 4.78 is 19.9. The van der Waals surface area contributed by atoms with E-state index in [2.05, 4.69) is 5.10 Å². The third kappa shape index (κ3) is 2.35. The summed E-state index contributed by atoms with van der Waals surface area (Å²) in [6.45, 7) is 0.116. The van der Waals surface area contributed by atoms with Crippen LogP contribution in [0.15, 0.2) is 48.7 Å². The van der Waals surface area contributed by atoms with Gasteiger partial charge in [0.1, 0.15) is 11.5 Å². The number of ether oxygens (including phenoxy) is 1. The number of rotatable bonds is 4. The maximum atomic E-state index is 12.3. The van der Waals surface area contributed by atoms with Crippen LogP contribution in [0, 0.1) is 0 Å². The van der Waals surface area contributed by atoms with Crippen molar-refractivity contribution in [3.63, 3.8) is 0 Å². The second kappa shape index (κ2) is 5.30. The second-order valence-corrected chi connectivity index (χ2v) is 4.51. The van der Waals surface area contributed by atoms with E-state index in [1.54, 1.807) is 16.4 Å². The molecule has 0 unspecified atom stereocenters. The largest absolute Gasteiger partial charge is 0.457 e. The molecule has 102 valence electrons. The fourth-order valence-corrected chi connectivity index (χ4v) is 2.15. The monoisotopic (exact) mass is 271 g/mol. The number of aryl methyl sites for hydroxylation is 1. The van der Waals surface area contributed by atoms with Crippen LogP contribution in [-0.2, 0) is 13.6 Å². The molecule has 1 N–H and O–H groups in total. The van der Waals surface area contributed by atoms with Crippen molar-refractivity contribution in [2.45, 2.75) is 6.54 Å². The predicted molar refractivity (Wildman–Crippen MR) is 75.2 cm³/mol. The molecule has 2 aromatic carbocycles. The summed E-state index contributed by atoms with van der Waals surface area (Å²) in [4.78, 5) is 0. The Bertz CT molecular complexity index is 739. The topological polar surface area (TPSA) is 39.1 Å². The van der Waals surface area contributed by atoms with Crippen molar-refractivity contribution in [2.75, 3.05) is 0 Å². The highest BCUT2D eigenvalue weighted by atomic mass is 19.2. The first kappa shape index (κ1) is 12.6. The van der Waals surface area contributed by atoms with E-state index in [-0.39, 0.29) is 6.54 Å². The summed E-state index contributed by atoms with van der Waals surface area (Å²) in [5, 5.41) is 5.20. The van der Waals surface area contributed by atoms with Gasteiger partial charge in [-0.25, -0.2) is 0 Å². The van der Waals surface area contributed by atoms with Crippen molar-refractivity contribution < 1.29 is 9.22 Å². The van der Waals surface area contributed by atoms with Gasteiger partial charge in [0.15, 0.2) is 0 Å². The fourth-order valence-electron chi connectivity index (χ4n) is 2.15. The van der Waals surface area contributed by atoms with Gasteiger partial charge in [0.2, 0.25) is 0 Å². The molecule has 0 fully saturated rings. The quantitative estimate of drug-likeness (QED) is 0.740. The van der Waals surface area contributed by atoms with Gasteiger partial charge in [-0.3, -0.25) is 4.68 Å². The minimum absolute atomic E-state index is 0.116. The Hall–Kier alpha value is -2.40. The normalized spacial score (nSPS) is 10.9. The van der Waals surface area contributed by atoms with Crippen LogP contribution < -0.4 is 10.3 Å². The first-order valence-electron chi connectivity index (χ1n) is 6.29. The zero-order valence-corrected chi connectivity index (χ0v) is 11.0. The Balaban J connectivity index is 1.92. The van der Waals surface area contributed by atoms with Gasteiger partial charge < -0.3 is 4.74 Å². The van der Waals surface area contributed by atoms with Crippen molar-refractivity contribution in [3.05, 3.63) is 54.2 Å². The molecule has 4 nitrogen and oxygen atoms in total. The highest BCUT2D eigenvalue weighted by Crippen LogP contribution is 2.27. The molecule has 5 heteroatoms. The smallest absolute Gasteiger partial charge is 0.132 e. The van der Waals surface area contributed by atoms with Crippen LogP contribution >= 0.6 is 0 Å². The molecule has 0 spiro atoms. The second-order valence-electron chi connectivity index (χ2n) is 4.51. The van der Waals surface area contributed by atoms with Crippen LogP contribution in [0.25, 0.3) is 10.9 Å². The van der Waals surface area contributed by atoms with Crippen LogP contribution in [0.3, 0.4) is 0 Å². The van der Waals surface area contributed by atoms with Gasteiger partial charge in [-0.1, -0.05) is 18.2 Å². The van der Waals surface area contributed by atoms with Crippen molar-refractivity contribution in [1.29, 1.82) is 0 Å². The molecule has 1 aromatic heterocycles.